The third-order valence-corrected chi connectivity index (χ3v) is 2.08. The molecule has 0 atom stereocenters. The summed E-state index contributed by atoms with van der Waals surface area (Å²) in [5.41, 5.74) is -0.182. The van der Waals surface area contributed by atoms with Gasteiger partial charge in [-0.05, 0) is 32.9 Å². The normalized spacial score (nSPS) is 9.47. The maximum absolute atomic E-state index is 12.8. The van der Waals surface area contributed by atoms with Crippen LogP contribution in [0.1, 0.15) is 36.7 Å². The summed E-state index contributed by atoms with van der Waals surface area (Å²) in [5.74, 6) is -0.745. The van der Waals surface area contributed by atoms with E-state index >= 15 is 0 Å². The fraction of sp³-hybridized carbons (Fsp3) is 0.429. The Kier molecular flexibility index (Phi) is 9.23. The number of rotatable bonds is 5. The van der Waals surface area contributed by atoms with Gasteiger partial charge < -0.3 is 9.47 Å². The lowest BCUT2D eigenvalue weighted by Crippen LogP contribution is -2.11. The highest BCUT2D eigenvalue weighted by Crippen LogP contribution is 2.09. The van der Waals surface area contributed by atoms with Crippen molar-refractivity contribution in [2.75, 3.05) is 13.2 Å². The summed E-state index contributed by atoms with van der Waals surface area (Å²) < 4.78 is 22.9. The van der Waals surface area contributed by atoms with Crippen molar-refractivity contribution < 1.29 is 18.7 Å². The van der Waals surface area contributed by atoms with Gasteiger partial charge in [0.25, 0.3) is 0 Å². The molecule has 0 fully saturated rings. The van der Waals surface area contributed by atoms with Crippen LogP contribution in [0.15, 0.2) is 18.2 Å². The highest BCUT2D eigenvalue weighted by Gasteiger charge is 2.04. The van der Waals surface area contributed by atoms with Gasteiger partial charge in [-0.15, -0.1) is 0 Å². The van der Waals surface area contributed by atoms with Crippen molar-refractivity contribution in [1.82, 2.24) is 0 Å². The second kappa shape index (κ2) is 10.2. The van der Waals surface area contributed by atoms with Crippen LogP contribution in [0.3, 0.4) is 0 Å². The first-order valence-corrected chi connectivity index (χ1v) is 5.97. The number of ether oxygens (including phenoxy) is 2. The van der Waals surface area contributed by atoms with Crippen molar-refractivity contribution >= 4 is 6.29 Å². The number of benzene rings is 1. The summed E-state index contributed by atoms with van der Waals surface area (Å²) >= 11 is 0. The second-order valence-corrected chi connectivity index (χ2v) is 3.42. The molecule has 0 heterocycles. The van der Waals surface area contributed by atoms with E-state index in [0.717, 1.165) is 13.2 Å². The average molecular weight is 267 g/mol. The van der Waals surface area contributed by atoms with Gasteiger partial charge in [-0.2, -0.15) is 5.26 Å². The van der Waals surface area contributed by atoms with E-state index in [1.807, 2.05) is 20.8 Å². The molecule has 1 rings (SSSR count). The molecule has 0 amide bonds. The number of hydrogen-bond donors (Lipinski definition) is 0. The molecule has 4 nitrogen and oxygen atoms in total. The van der Waals surface area contributed by atoms with Crippen molar-refractivity contribution in [2.45, 2.75) is 27.1 Å². The third kappa shape index (κ3) is 6.65. The molecule has 0 aliphatic carbocycles. The van der Waals surface area contributed by atoms with E-state index in [9.17, 15) is 9.18 Å². The van der Waals surface area contributed by atoms with Crippen LogP contribution in [0.25, 0.3) is 0 Å². The minimum Gasteiger partial charge on any atom is -0.353 e. The van der Waals surface area contributed by atoms with Gasteiger partial charge in [0.05, 0.1) is 11.1 Å². The predicted molar refractivity (Wildman–Crippen MR) is 69.2 cm³/mol. The standard InChI is InChI=1S/C8H4FNO.C6H14O2/c9-8-6(4-10)2-1-3-7(8)5-11;1-4-7-6(3)8-5-2/h1-3,5H;6H,4-5H2,1-3H3. The number of halogens is 1. The molecule has 5 heteroatoms. The summed E-state index contributed by atoms with van der Waals surface area (Å²) in [7, 11) is 0. The van der Waals surface area contributed by atoms with Gasteiger partial charge in [-0.25, -0.2) is 4.39 Å². The monoisotopic (exact) mass is 267 g/mol. The van der Waals surface area contributed by atoms with E-state index < -0.39 is 5.82 Å². The lowest BCUT2D eigenvalue weighted by atomic mass is 10.1. The Balaban J connectivity index is 0.000000362. The summed E-state index contributed by atoms with van der Waals surface area (Å²) in [4.78, 5) is 10.1. The van der Waals surface area contributed by atoms with Crippen LogP contribution >= 0.6 is 0 Å². The highest BCUT2D eigenvalue weighted by molar-refractivity contribution is 5.75. The molecule has 0 N–H and O–H groups in total. The second-order valence-electron chi connectivity index (χ2n) is 3.42. The number of carbonyl (C=O) groups excluding carboxylic acids is 1. The fourth-order valence-electron chi connectivity index (χ4n) is 1.24. The van der Waals surface area contributed by atoms with Gasteiger partial charge >= 0.3 is 0 Å². The fourth-order valence-corrected chi connectivity index (χ4v) is 1.24. The molecule has 1 aromatic rings. The Morgan fingerprint density at radius 3 is 2.37 bits per heavy atom. The number of carbonyl (C=O) groups is 1. The minimum atomic E-state index is -0.745. The third-order valence-electron chi connectivity index (χ3n) is 2.08. The number of aldehydes is 1. The molecule has 1 aromatic carbocycles. The van der Waals surface area contributed by atoms with Crippen molar-refractivity contribution in [3.63, 3.8) is 0 Å². The van der Waals surface area contributed by atoms with Gasteiger partial charge in [-0.1, -0.05) is 6.07 Å². The van der Waals surface area contributed by atoms with E-state index in [-0.39, 0.29) is 17.4 Å². The smallest absolute Gasteiger partial charge is 0.154 e. The number of hydrogen-bond acceptors (Lipinski definition) is 4. The van der Waals surface area contributed by atoms with E-state index in [1.165, 1.54) is 18.2 Å². The van der Waals surface area contributed by atoms with Crippen molar-refractivity contribution in [3.05, 3.63) is 35.1 Å². The Labute approximate surface area is 112 Å². The van der Waals surface area contributed by atoms with E-state index in [0.29, 0.717) is 6.29 Å². The maximum atomic E-state index is 12.8. The Hall–Kier alpha value is -1.77. The Morgan fingerprint density at radius 1 is 1.37 bits per heavy atom. The molecule has 0 saturated heterocycles. The van der Waals surface area contributed by atoms with E-state index in [4.69, 9.17) is 14.7 Å². The van der Waals surface area contributed by atoms with Gasteiger partial charge in [0, 0.05) is 13.2 Å². The van der Waals surface area contributed by atoms with Crippen molar-refractivity contribution in [2.24, 2.45) is 0 Å². The van der Waals surface area contributed by atoms with Gasteiger partial charge in [-0.3, -0.25) is 4.79 Å². The first-order chi connectivity index (χ1) is 9.10. The van der Waals surface area contributed by atoms with Gasteiger partial charge in [0.15, 0.2) is 18.4 Å². The first kappa shape index (κ1) is 17.2. The molecule has 19 heavy (non-hydrogen) atoms. The topological polar surface area (TPSA) is 59.3 Å². The predicted octanol–water partition coefficient (Wildman–Crippen LogP) is 2.92. The molecule has 0 unspecified atom stereocenters. The van der Waals surface area contributed by atoms with Crippen molar-refractivity contribution in [1.29, 1.82) is 5.26 Å². The molecular weight excluding hydrogens is 249 g/mol. The maximum Gasteiger partial charge on any atom is 0.154 e. The molecule has 0 radical (unpaired) electrons. The van der Waals surface area contributed by atoms with Crippen LogP contribution in [0.4, 0.5) is 4.39 Å². The van der Waals surface area contributed by atoms with E-state index in [1.54, 1.807) is 6.07 Å². The number of nitrogens with zero attached hydrogens (tertiary/aromatic N) is 1. The summed E-state index contributed by atoms with van der Waals surface area (Å²) in [5, 5.41) is 8.33. The van der Waals surface area contributed by atoms with Crippen molar-refractivity contribution in [3.8, 4) is 6.07 Å². The van der Waals surface area contributed by atoms with Crippen LogP contribution in [-0.2, 0) is 9.47 Å². The molecule has 104 valence electrons. The largest absolute Gasteiger partial charge is 0.353 e. The van der Waals surface area contributed by atoms with Crippen LogP contribution in [0.5, 0.6) is 0 Å². The molecule has 0 spiro atoms. The highest BCUT2D eigenvalue weighted by atomic mass is 19.1. The zero-order chi connectivity index (χ0) is 14.7. The molecule has 0 bridgehead atoms. The SMILES string of the molecule is CCOC(C)OCC.N#Cc1cccc(C=O)c1F. The lowest BCUT2D eigenvalue weighted by Gasteiger charge is -2.09. The molecule has 0 aliphatic rings. The first-order valence-electron chi connectivity index (χ1n) is 5.97. The van der Waals surface area contributed by atoms with Gasteiger partial charge in [0.1, 0.15) is 6.07 Å². The zero-order valence-electron chi connectivity index (χ0n) is 11.4. The average Bonchev–Trinajstić information content (AvgIpc) is 2.40. The van der Waals surface area contributed by atoms with E-state index in [2.05, 4.69) is 0 Å². The number of nitriles is 1. The molecule has 0 saturated carbocycles. The summed E-state index contributed by atoms with van der Waals surface area (Å²) in [6.07, 6.45) is 0.348. The minimum absolute atomic E-state index is 0.0370. The van der Waals surface area contributed by atoms with Crippen LogP contribution < -0.4 is 0 Å². The quantitative estimate of drug-likeness (QED) is 0.608. The molecule has 0 aromatic heterocycles. The molecule has 0 aliphatic heterocycles. The van der Waals surface area contributed by atoms with Crippen LogP contribution in [0.2, 0.25) is 0 Å². The summed E-state index contributed by atoms with van der Waals surface area (Å²) in [6, 6.07) is 5.74. The van der Waals surface area contributed by atoms with Crippen LogP contribution in [-0.4, -0.2) is 25.8 Å². The Morgan fingerprint density at radius 2 is 1.95 bits per heavy atom. The zero-order valence-corrected chi connectivity index (χ0v) is 11.4. The van der Waals surface area contributed by atoms with Crippen LogP contribution in [0, 0.1) is 17.1 Å². The lowest BCUT2D eigenvalue weighted by molar-refractivity contribution is -0.123. The molecular formula is C14H18FNO3. The Bertz CT molecular complexity index is 423. The van der Waals surface area contributed by atoms with Gasteiger partial charge in [0.2, 0.25) is 0 Å². The summed E-state index contributed by atoms with van der Waals surface area (Å²) in [6.45, 7) is 7.25.